The fourth-order valence-electron chi connectivity index (χ4n) is 2.69. The maximum absolute atomic E-state index is 12.0. The lowest BCUT2D eigenvalue weighted by Crippen LogP contribution is -2.47. The molecule has 0 unspecified atom stereocenters. The lowest BCUT2D eigenvalue weighted by molar-refractivity contribution is -0.119. The van der Waals surface area contributed by atoms with Crippen LogP contribution in [0.2, 0.25) is 0 Å². The quantitative estimate of drug-likeness (QED) is 0.752. The van der Waals surface area contributed by atoms with Crippen LogP contribution in [-0.2, 0) is 16.1 Å². The number of amides is 1. The molecule has 0 aliphatic carbocycles. The highest BCUT2D eigenvalue weighted by Gasteiger charge is 2.21. The fraction of sp³-hybridized carbons (Fsp3) is 0.444. The zero-order valence-corrected chi connectivity index (χ0v) is 15.9. The molecule has 1 atom stereocenters. The van der Waals surface area contributed by atoms with E-state index in [0.717, 1.165) is 29.7 Å². The number of benzene rings is 1. The highest BCUT2D eigenvalue weighted by molar-refractivity contribution is 8.01. The number of carbonyl (C=O) groups is 1. The largest absolute Gasteiger partial charge is 0.374 e. The number of morpholine rings is 1. The van der Waals surface area contributed by atoms with Gasteiger partial charge in [-0.05, 0) is 12.5 Å². The SMILES string of the molecule is Cc1csc(SCC(=O)NC[C@@H]2CN(Cc3ccccc3)CCO2)n1. The van der Waals surface area contributed by atoms with Gasteiger partial charge in [-0.3, -0.25) is 9.69 Å². The Hall–Kier alpha value is -1.41. The minimum atomic E-state index is 0.0293. The Bertz CT molecular complexity index is 678. The van der Waals surface area contributed by atoms with Crippen molar-refractivity contribution in [2.24, 2.45) is 0 Å². The number of aromatic nitrogens is 1. The normalized spacial score (nSPS) is 18.2. The van der Waals surface area contributed by atoms with E-state index in [1.165, 1.54) is 17.3 Å². The van der Waals surface area contributed by atoms with Crippen molar-refractivity contribution in [3.8, 4) is 0 Å². The van der Waals surface area contributed by atoms with Crippen LogP contribution in [0, 0.1) is 6.92 Å². The molecule has 2 heterocycles. The average molecular weight is 378 g/mol. The van der Waals surface area contributed by atoms with E-state index in [9.17, 15) is 4.79 Å². The number of aryl methyl sites for hydroxylation is 1. The van der Waals surface area contributed by atoms with Crippen LogP contribution in [0.4, 0.5) is 0 Å². The van der Waals surface area contributed by atoms with Crippen molar-refractivity contribution in [1.29, 1.82) is 0 Å². The molecule has 1 saturated heterocycles. The second-order valence-corrected chi connectivity index (χ2v) is 8.14. The van der Waals surface area contributed by atoms with E-state index in [1.807, 2.05) is 18.4 Å². The van der Waals surface area contributed by atoms with Crippen LogP contribution in [0.3, 0.4) is 0 Å². The van der Waals surface area contributed by atoms with Crippen molar-refractivity contribution >= 4 is 29.0 Å². The smallest absolute Gasteiger partial charge is 0.230 e. The molecule has 25 heavy (non-hydrogen) atoms. The Kier molecular flexibility index (Phi) is 6.86. The van der Waals surface area contributed by atoms with Crippen molar-refractivity contribution in [1.82, 2.24) is 15.2 Å². The Morgan fingerprint density at radius 1 is 1.44 bits per heavy atom. The van der Waals surface area contributed by atoms with Crippen LogP contribution in [0.25, 0.3) is 0 Å². The van der Waals surface area contributed by atoms with Crippen molar-refractivity contribution in [3.63, 3.8) is 0 Å². The maximum Gasteiger partial charge on any atom is 0.230 e. The summed E-state index contributed by atoms with van der Waals surface area (Å²) in [7, 11) is 0. The number of hydrogen-bond donors (Lipinski definition) is 1. The highest BCUT2D eigenvalue weighted by Crippen LogP contribution is 2.21. The van der Waals surface area contributed by atoms with Crippen LogP contribution < -0.4 is 5.32 Å². The molecule has 1 N–H and O–H groups in total. The van der Waals surface area contributed by atoms with E-state index in [4.69, 9.17) is 4.74 Å². The van der Waals surface area contributed by atoms with Gasteiger partial charge < -0.3 is 10.1 Å². The Labute approximate surface area is 156 Å². The van der Waals surface area contributed by atoms with Gasteiger partial charge in [0.1, 0.15) is 0 Å². The van der Waals surface area contributed by atoms with E-state index in [2.05, 4.69) is 39.5 Å². The fourth-order valence-corrected chi connectivity index (χ4v) is 4.37. The number of nitrogens with one attached hydrogen (secondary N) is 1. The van der Waals surface area contributed by atoms with Gasteiger partial charge in [0, 0.05) is 37.3 Å². The monoisotopic (exact) mass is 377 g/mol. The summed E-state index contributed by atoms with van der Waals surface area (Å²) in [5, 5.41) is 4.98. The molecule has 1 aromatic heterocycles. The first kappa shape index (κ1) is 18.4. The van der Waals surface area contributed by atoms with Gasteiger partial charge in [0.2, 0.25) is 5.91 Å². The molecular formula is C18H23N3O2S2. The second-order valence-electron chi connectivity index (χ2n) is 6.06. The average Bonchev–Trinajstić information content (AvgIpc) is 3.05. The number of carbonyl (C=O) groups excluding carboxylic acids is 1. The summed E-state index contributed by atoms with van der Waals surface area (Å²) in [5.74, 6) is 0.426. The van der Waals surface area contributed by atoms with E-state index >= 15 is 0 Å². The van der Waals surface area contributed by atoms with Gasteiger partial charge in [-0.1, -0.05) is 42.1 Å². The van der Waals surface area contributed by atoms with Crippen molar-refractivity contribution in [2.45, 2.75) is 23.9 Å². The van der Waals surface area contributed by atoms with E-state index in [-0.39, 0.29) is 12.0 Å². The van der Waals surface area contributed by atoms with Crippen molar-refractivity contribution < 1.29 is 9.53 Å². The summed E-state index contributed by atoms with van der Waals surface area (Å²) in [6.45, 7) is 5.92. The van der Waals surface area contributed by atoms with Crippen LogP contribution in [0.15, 0.2) is 40.1 Å². The zero-order valence-electron chi connectivity index (χ0n) is 14.3. The number of thioether (sulfide) groups is 1. The van der Waals surface area contributed by atoms with Gasteiger partial charge in [0.15, 0.2) is 4.34 Å². The van der Waals surface area contributed by atoms with Crippen LogP contribution in [0.5, 0.6) is 0 Å². The Morgan fingerprint density at radius 3 is 3.04 bits per heavy atom. The van der Waals surface area contributed by atoms with Gasteiger partial charge in [0.25, 0.3) is 0 Å². The van der Waals surface area contributed by atoms with Gasteiger partial charge in [-0.25, -0.2) is 4.98 Å². The predicted octanol–water partition coefficient (Wildman–Crippen LogP) is 2.56. The first-order valence-electron chi connectivity index (χ1n) is 8.38. The molecule has 2 aromatic rings. The molecule has 0 saturated carbocycles. The highest BCUT2D eigenvalue weighted by atomic mass is 32.2. The molecule has 0 spiro atoms. The predicted molar refractivity (Wildman–Crippen MR) is 102 cm³/mol. The Balaban J connectivity index is 1.38. The van der Waals surface area contributed by atoms with Crippen LogP contribution in [-0.4, -0.2) is 53.9 Å². The number of nitrogens with zero attached hydrogens (tertiary/aromatic N) is 2. The summed E-state index contributed by atoms with van der Waals surface area (Å²) in [5.41, 5.74) is 2.31. The van der Waals surface area contributed by atoms with Gasteiger partial charge in [0.05, 0.1) is 18.5 Å². The standard InChI is InChI=1S/C18H23N3O2S2/c1-14-12-24-18(20-14)25-13-17(22)19-9-16-11-21(7-8-23-16)10-15-5-3-2-4-6-15/h2-6,12,16H,7-11,13H2,1H3,(H,19,22)/t16-/m1/s1. The maximum atomic E-state index is 12.0. The van der Waals surface area contributed by atoms with Crippen LogP contribution >= 0.6 is 23.1 Å². The van der Waals surface area contributed by atoms with Gasteiger partial charge in [-0.2, -0.15) is 0 Å². The molecule has 3 rings (SSSR count). The molecule has 0 bridgehead atoms. The number of hydrogen-bond acceptors (Lipinski definition) is 6. The molecule has 1 fully saturated rings. The van der Waals surface area contributed by atoms with Gasteiger partial charge >= 0.3 is 0 Å². The molecule has 1 amide bonds. The number of ether oxygens (including phenoxy) is 1. The molecule has 7 heteroatoms. The summed E-state index contributed by atoms with van der Waals surface area (Å²) in [6, 6.07) is 10.4. The first-order valence-corrected chi connectivity index (χ1v) is 10.2. The molecule has 0 radical (unpaired) electrons. The molecule has 134 valence electrons. The number of rotatable bonds is 7. The molecular weight excluding hydrogens is 354 g/mol. The molecule has 1 aliphatic heterocycles. The minimum absolute atomic E-state index is 0.0293. The summed E-state index contributed by atoms with van der Waals surface area (Å²) in [4.78, 5) is 18.7. The number of thiazole rings is 1. The summed E-state index contributed by atoms with van der Waals surface area (Å²) in [6.07, 6.45) is 0.0496. The molecule has 1 aromatic carbocycles. The molecule has 5 nitrogen and oxygen atoms in total. The van der Waals surface area contributed by atoms with Gasteiger partial charge in [-0.15, -0.1) is 11.3 Å². The lowest BCUT2D eigenvalue weighted by Gasteiger charge is -2.33. The summed E-state index contributed by atoms with van der Waals surface area (Å²) >= 11 is 3.06. The van der Waals surface area contributed by atoms with Crippen molar-refractivity contribution in [3.05, 3.63) is 47.0 Å². The Morgan fingerprint density at radius 2 is 2.28 bits per heavy atom. The lowest BCUT2D eigenvalue weighted by atomic mass is 10.2. The third kappa shape index (κ3) is 6.11. The third-order valence-corrected chi connectivity index (χ3v) is 6.06. The second kappa shape index (κ2) is 9.33. The first-order chi connectivity index (χ1) is 12.2. The topological polar surface area (TPSA) is 54.5 Å². The zero-order chi connectivity index (χ0) is 17.5. The molecule has 1 aliphatic rings. The van der Waals surface area contributed by atoms with E-state index in [0.29, 0.717) is 18.9 Å². The van der Waals surface area contributed by atoms with E-state index < -0.39 is 0 Å². The summed E-state index contributed by atoms with van der Waals surface area (Å²) < 4.78 is 6.73. The van der Waals surface area contributed by atoms with Crippen LogP contribution in [0.1, 0.15) is 11.3 Å². The van der Waals surface area contributed by atoms with Crippen molar-refractivity contribution in [2.75, 3.05) is 32.0 Å². The minimum Gasteiger partial charge on any atom is -0.374 e. The van der Waals surface area contributed by atoms with E-state index in [1.54, 1.807) is 11.3 Å². The third-order valence-electron chi connectivity index (χ3n) is 3.92.